The minimum Gasteiger partial charge on any atom is -0.383 e. The lowest BCUT2D eigenvalue weighted by Gasteiger charge is -2.20. The fourth-order valence-electron chi connectivity index (χ4n) is 3.61. The van der Waals surface area contributed by atoms with Gasteiger partial charge in [-0.05, 0) is 29.3 Å². The Morgan fingerprint density at radius 1 is 0.844 bits per heavy atom. The highest BCUT2D eigenvalue weighted by molar-refractivity contribution is 6.35. The van der Waals surface area contributed by atoms with Crippen LogP contribution in [0.25, 0.3) is 0 Å². The van der Waals surface area contributed by atoms with Crippen LogP contribution in [-0.2, 0) is 27.5 Å². The van der Waals surface area contributed by atoms with E-state index in [4.69, 9.17) is 32.7 Å². The molecule has 0 aromatic heterocycles. The van der Waals surface area contributed by atoms with Crippen molar-refractivity contribution in [3.05, 3.63) is 117 Å². The molecule has 1 aliphatic carbocycles. The zero-order valence-corrected chi connectivity index (χ0v) is 18.7. The van der Waals surface area contributed by atoms with Crippen LogP contribution in [0, 0.1) is 0 Å². The molecule has 1 aliphatic rings. The molecule has 0 saturated heterocycles. The van der Waals surface area contributed by atoms with Gasteiger partial charge in [0, 0.05) is 21.2 Å². The maximum absolute atomic E-state index is 13.2. The van der Waals surface area contributed by atoms with Crippen molar-refractivity contribution in [2.24, 2.45) is 0 Å². The van der Waals surface area contributed by atoms with Crippen LogP contribution in [0.15, 0.2) is 90.5 Å². The lowest BCUT2D eigenvalue weighted by molar-refractivity contribution is -0.135. The van der Waals surface area contributed by atoms with Crippen molar-refractivity contribution in [1.29, 1.82) is 0 Å². The van der Waals surface area contributed by atoms with Crippen molar-refractivity contribution in [2.75, 3.05) is 0 Å². The predicted octanol–water partition coefficient (Wildman–Crippen LogP) is 5.71. The van der Waals surface area contributed by atoms with E-state index in [1.54, 1.807) is 18.2 Å². The van der Waals surface area contributed by atoms with Crippen LogP contribution in [0.5, 0.6) is 0 Å². The first-order valence-electron chi connectivity index (χ1n) is 10.2. The predicted molar refractivity (Wildman–Crippen MR) is 125 cm³/mol. The van der Waals surface area contributed by atoms with Crippen LogP contribution in [0.2, 0.25) is 10.0 Å². The number of aliphatic hydroxyl groups is 1. The van der Waals surface area contributed by atoms with E-state index in [2.05, 4.69) is 0 Å². The van der Waals surface area contributed by atoms with Gasteiger partial charge in [0.15, 0.2) is 11.9 Å². The Morgan fingerprint density at radius 3 is 2.03 bits per heavy atom. The summed E-state index contributed by atoms with van der Waals surface area (Å²) in [6.45, 7) is 0.562. The topological polar surface area (TPSA) is 55.8 Å². The number of aliphatic hydroxyl groups excluding tert-OH is 1. The molecule has 0 bridgehead atoms. The van der Waals surface area contributed by atoms with Gasteiger partial charge in [0.2, 0.25) is 0 Å². The standard InChI is InChI=1S/C26H22Cl2O4/c27-19-11-12-20(22(28)13-19)24(29)21-14-23(31-15-17-7-3-1-4-8-17)26(25(21)30)32-16-18-9-5-2-6-10-18/h1-14,23-24,26,29H,15-16H2/t23-,24?,26+/m0/s1. The second kappa shape index (κ2) is 10.4. The molecule has 4 rings (SSSR count). The SMILES string of the molecule is O=C1C(C(O)c2ccc(Cl)cc2Cl)=C[C@H](OCc2ccccc2)[C@H]1OCc1ccccc1. The average Bonchev–Trinajstić information content (AvgIpc) is 3.12. The number of benzene rings is 3. The summed E-state index contributed by atoms with van der Waals surface area (Å²) in [5, 5.41) is 11.7. The Bertz CT molecular complexity index is 1100. The van der Waals surface area contributed by atoms with Crippen LogP contribution >= 0.6 is 23.2 Å². The zero-order chi connectivity index (χ0) is 22.5. The van der Waals surface area contributed by atoms with Crippen LogP contribution in [0.4, 0.5) is 0 Å². The number of hydrogen-bond donors (Lipinski definition) is 1. The van der Waals surface area contributed by atoms with Gasteiger partial charge in [-0.15, -0.1) is 0 Å². The fourth-order valence-corrected chi connectivity index (χ4v) is 4.12. The summed E-state index contributed by atoms with van der Waals surface area (Å²) in [6, 6.07) is 24.0. The largest absolute Gasteiger partial charge is 0.383 e. The molecule has 0 fully saturated rings. The number of rotatable bonds is 8. The van der Waals surface area contributed by atoms with Crippen molar-refractivity contribution >= 4 is 29.0 Å². The fraction of sp³-hybridized carbons (Fsp3) is 0.192. The molecule has 0 amide bonds. The number of carbonyl (C=O) groups excluding carboxylic acids is 1. The van der Waals surface area contributed by atoms with Crippen molar-refractivity contribution in [1.82, 2.24) is 0 Å². The minimum absolute atomic E-state index is 0.199. The third-order valence-electron chi connectivity index (χ3n) is 5.29. The van der Waals surface area contributed by atoms with Crippen molar-refractivity contribution in [3.63, 3.8) is 0 Å². The number of Topliss-reactive ketones (excluding diaryl/α,β-unsaturated/α-hetero) is 1. The molecule has 6 heteroatoms. The first-order valence-corrected chi connectivity index (χ1v) is 11.0. The van der Waals surface area contributed by atoms with Gasteiger partial charge in [-0.1, -0.05) is 89.9 Å². The molecule has 4 nitrogen and oxygen atoms in total. The summed E-state index contributed by atoms with van der Waals surface area (Å²) in [5.41, 5.74) is 2.52. The number of halogens is 2. The number of carbonyl (C=O) groups is 1. The van der Waals surface area contributed by atoms with Gasteiger partial charge in [0.1, 0.15) is 12.2 Å². The van der Waals surface area contributed by atoms with Gasteiger partial charge in [-0.2, -0.15) is 0 Å². The quantitative estimate of drug-likeness (QED) is 0.460. The van der Waals surface area contributed by atoms with Crippen LogP contribution < -0.4 is 0 Å². The normalized spacial score (nSPS) is 19.1. The number of ether oxygens (including phenoxy) is 2. The molecule has 0 saturated carbocycles. The van der Waals surface area contributed by atoms with Crippen LogP contribution in [-0.4, -0.2) is 23.1 Å². The summed E-state index contributed by atoms with van der Waals surface area (Å²) in [4.78, 5) is 13.2. The Balaban J connectivity index is 1.55. The smallest absolute Gasteiger partial charge is 0.193 e. The van der Waals surface area contributed by atoms with Gasteiger partial charge in [-0.25, -0.2) is 0 Å². The van der Waals surface area contributed by atoms with E-state index in [9.17, 15) is 9.90 Å². The first kappa shape index (κ1) is 22.7. The molecule has 3 aromatic carbocycles. The molecule has 3 aromatic rings. The third-order valence-corrected chi connectivity index (χ3v) is 5.86. The Labute approximate surface area is 197 Å². The number of ketones is 1. The Morgan fingerprint density at radius 2 is 1.44 bits per heavy atom. The highest BCUT2D eigenvalue weighted by Crippen LogP contribution is 2.35. The van der Waals surface area contributed by atoms with Gasteiger partial charge in [0.05, 0.1) is 13.2 Å². The van der Waals surface area contributed by atoms with Crippen molar-refractivity contribution in [2.45, 2.75) is 31.5 Å². The van der Waals surface area contributed by atoms with E-state index in [0.717, 1.165) is 11.1 Å². The summed E-state index contributed by atoms with van der Waals surface area (Å²) in [5.74, 6) is -0.322. The number of hydrogen-bond acceptors (Lipinski definition) is 4. The van der Waals surface area contributed by atoms with Crippen LogP contribution in [0.3, 0.4) is 0 Å². The van der Waals surface area contributed by atoms with Crippen molar-refractivity contribution < 1.29 is 19.4 Å². The maximum atomic E-state index is 13.2. The highest BCUT2D eigenvalue weighted by atomic mass is 35.5. The summed E-state index contributed by atoms with van der Waals surface area (Å²) in [7, 11) is 0. The second-order valence-corrected chi connectivity index (χ2v) is 8.38. The molecular weight excluding hydrogens is 447 g/mol. The van der Waals surface area contributed by atoms with Gasteiger partial charge in [0.25, 0.3) is 0 Å². The van der Waals surface area contributed by atoms with Gasteiger partial charge in [-0.3, -0.25) is 4.79 Å². The molecule has 0 radical (unpaired) electrons. The molecule has 0 spiro atoms. The Kier molecular flexibility index (Phi) is 7.40. The Hall–Kier alpha value is -2.47. The molecule has 164 valence electrons. The van der Waals surface area contributed by atoms with E-state index in [-0.39, 0.29) is 23.0 Å². The molecule has 0 aliphatic heterocycles. The lowest BCUT2D eigenvalue weighted by Crippen LogP contribution is -2.33. The third kappa shape index (κ3) is 5.29. The van der Waals surface area contributed by atoms with E-state index in [1.807, 2.05) is 60.7 Å². The van der Waals surface area contributed by atoms with Crippen molar-refractivity contribution in [3.8, 4) is 0 Å². The lowest BCUT2D eigenvalue weighted by atomic mass is 10.00. The summed E-state index contributed by atoms with van der Waals surface area (Å²) < 4.78 is 12.0. The minimum atomic E-state index is -1.21. The molecule has 32 heavy (non-hydrogen) atoms. The van der Waals surface area contributed by atoms with Gasteiger partial charge < -0.3 is 14.6 Å². The second-order valence-electron chi connectivity index (χ2n) is 7.53. The van der Waals surface area contributed by atoms with Gasteiger partial charge >= 0.3 is 0 Å². The highest BCUT2D eigenvalue weighted by Gasteiger charge is 2.40. The molecule has 0 heterocycles. The average molecular weight is 469 g/mol. The first-order chi connectivity index (χ1) is 15.5. The molecular formula is C26H22Cl2O4. The molecule has 1 N–H and O–H groups in total. The van der Waals surface area contributed by atoms with E-state index in [1.165, 1.54) is 6.07 Å². The van der Waals surface area contributed by atoms with E-state index < -0.39 is 18.3 Å². The van der Waals surface area contributed by atoms with E-state index in [0.29, 0.717) is 17.2 Å². The zero-order valence-electron chi connectivity index (χ0n) is 17.2. The van der Waals surface area contributed by atoms with E-state index >= 15 is 0 Å². The molecule has 1 unspecified atom stereocenters. The van der Waals surface area contributed by atoms with Crippen LogP contribution in [0.1, 0.15) is 22.8 Å². The summed E-state index contributed by atoms with van der Waals surface area (Å²) in [6.07, 6.45) is -1.08. The summed E-state index contributed by atoms with van der Waals surface area (Å²) >= 11 is 12.2. The monoisotopic (exact) mass is 468 g/mol. The maximum Gasteiger partial charge on any atom is 0.193 e. The molecule has 3 atom stereocenters.